The quantitative estimate of drug-likeness (QED) is 0.220. The second-order valence-electron chi connectivity index (χ2n) is 7.47. The predicted octanol–water partition coefficient (Wildman–Crippen LogP) is 5.08. The maximum Gasteiger partial charge on any atom is 0.339 e. The van der Waals surface area contributed by atoms with Crippen molar-refractivity contribution in [3.8, 4) is 11.3 Å². The minimum Gasteiger partial charge on any atom is -0.449 e. The average Bonchev–Trinajstić information content (AvgIpc) is 3.20. The zero-order valence-electron chi connectivity index (χ0n) is 18.2. The van der Waals surface area contributed by atoms with Crippen LogP contribution >= 0.6 is 11.6 Å². The van der Waals surface area contributed by atoms with Crippen molar-refractivity contribution >= 4 is 46.0 Å². The SMILES string of the molecule is Cc1noc2nc(-c3ccc(F)cc3)cc(C(=O)OC(C)C(=O)Nc3cc([N+](=O)[O-])ccc3Cl)c12. The molecule has 0 saturated heterocycles. The van der Waals surface area contributed by atoms with Gasteiger partial charge in [0.25, 0.3) is 17.3 Å². The van der Waals surface area contributed by atoms with Crippen molar-refractivity contribution in [2.24, 2.45) is 0 Å². The van der Waals surface area contributed by atoms with Gasteiger partial charge in [-0.2, -0.15) is 0 Å². The van der Waals surface area contributed by atoms with E-state index in [1.165, 1.54) is 49.4 Å². The van der Waals surface area contributed by atoms with E-state index < -0.39 is 28.7 Å². The first-order valence-electron chi connectivity index (χ1n) is 10.1. The Labute approximate surface area is 201 Å². The second-order valence-corrected chi connectivity index (χ2v) is 7.88. The third-order valence-electron chi connectivity index (χ3n) is 5.05. The molecule has 10 nitrogen and oxygen atoms in total. The molecule has 2 aromatic carbocycles. The molecule has 0 bridgehead atoms. The Morgan fingerprint density at radius 3 is 2.60 bits per heavy atom. The number of carbonyl (C=O) groups excluding carboxylic acids is 2. The molecular weight excluding hydrogens is 483 g/mol. The lowest BCUT2D eigenvalue weighted by atomic mass is 10.1. The van der Waals surface area contributed by atoms with Crippen LogP contribution in [0.2, 0.25) is 5.02 Å². The Bertz CT molecular complexity index is 1470. The summed E-state index contributed by atoms with van der Waals surface area (Å²) < 4.78 is 23.9. The molecule has 1 unspecified atom stereocenters. The molecule has 4 rings (SSSR count). The van der Waals surface area contributed by atoms with E-state index in [0.717, 1.165) is 6.07 Å². The average molecular weight is 499 g/mol. The van der Waals surface area contributed by atoms with Crippen molar-refractivity contribution in [3.05, 3.63) is 80.7 Å². The largest absolute Gasteiger partial charge is 0.449 e. The minimum absolute atomic E-state index is 0.00598. The predicted molar refractivity (Wildman–Crippen MR) is 124 cm³/mol. The fourth-order valence-corrected chi connectivity index (χ4v) is 3.42. The number of rotatable bonds is 6. The summed E-state index contributed by atoms with van der Waals surface area (Å²) in [6.45, 7) is 2.94. The van der Waals surface area contributed by atoms with Gasteiger partial charge in [0.2, 0.25) is 0 Å². The number of nitrogens with zero attached hydrogens (tertiary/aromatic N) is 3. The molecule has 0 spiro atoms. The molecule has 2 aromatic heterocycles. The number of ether oxygens (including phenoxy) is 1. The van der Waals surface area contributed by atoms with Crippen molar-refractivity contribution in [3.63, 3.8) is 0 Å². The Hall–Kier alpha value is -4.38. The molecule has 2 heterocycles. The van der Waals surface area contributed by atoms with Crippen LogP contribution in [0.4, 0.5) is 15.8 Å². The number of fused-ring (bicyclic) bond motifs is 1. The molecule has 4 aromatic rings. The molecule has 12 heteroatoms. The van der Waals surface area contributed by atoms with Gasteiger partial charge < -0.3 is 14.6 Å². The molecule has 178 valence electrons. The lowest BCUT2D eigenvalue weighted by molar-refractivity contribution is -0.384. The van der Waals surface area contributed by atoms with Crippen molar-refractivity contribution < 1.29 is 28.2 Å². The Balaban J connectivity index is 1.60. The highest BCUT2D eigenvalue weighted by molar-refractivity contribution is 6.33. The third-order valence-corrected chi connectivity index (χ3v) is 5.38. The molecule has 0 aliphatic rings. The van der Waals surface area contributed by atoms with Crippen LogP contribution < -0.4 is 5.32 Å². The Morgan fingerprint density at radius 1 is 1.20 bits per heavy atom. The van der Waals surface area contributed by atoms with Gasteiger partial charge in [0, 0.05) is 17.7 Å². The van der Waals surface area contributed by atoms with Gasteiger partial charge in [-0.05, 0) is 50.2 Å². The van der Waals surface area contributed by atoms with Crippen LogP contribution in [0.25, 0.3) is 22.4 Å². The first-order valence-corrected chi connectivity index (χ1v) is 10.5. The van der Waals surface area contributed by atoms with Gasteiger partial charge in [-0.3, -0.25) is 14.9 Å². The van der Waals surface area contributed by atoms with Gasteiger partial charge in [-0.15, -0.1) is 0 Å². The van der Waals surface area contributed by atoms with Crippen LogP contribution in [-0.4, -0.2) is 33.0 Å². The summed E-state index contributed by atoms with van der Waals surface area (Å²) in [5.41, 5.74) is 1.03. The van der Waals surface area contributed by atoms with Crippen molar-refractivity contribution in [1.82, 2.24) is 10.1 Å². The number of hydrogen-bond donors (Lipinski definition) is 1. The van der Waals surface area contributed by atoms with E-state index in [-0.39, 0.29) is 27.7 Å². The van der Waals surface area contributed by atoms with Crippen LogP contribution in [0.1, 0.15) is 23.0 Å². The number of non-ortho nitro benzene ring substituents is 1. The van der Waals surface area contributed by atoms with Crippen LogP contribution in [0.15, 0.2) is 53.1 Å². The molecule has 0 saturated carbocycles. The summed E-state index contributed by atoms with van der Waals surface area (Å²) >= 11 is 6.01. The zero-order valence-corrected chi connectivity index (χ0v) is 19.0. The minimum atomic E-state index is -1.30. The van der Waals surface area contributed by atoms with E-state index in [0.29, 0.717) is 22.3 Å². The Kier molecular flexibility index (Phi) is 6.43. The zero-order chi connectivity index (χ0) is 25.3. The monoisotopic (exact) mass is 498 g/mol. The van der Waals surface area contributed by atoms with Crippen LogP contribution in [0.3, 0.4) is 0 Å². The highest BCUT2D eigenvalue weighted by atomic mass is 35.5. The third kappa shape index (κ3) is 4.94. The van der Waals surface area contributed by atoms with Crippen LogP contribution in [0.5, 0.6) is 0 Å². The molecule has 1 amide bonds. The van der Waals surface area contributed by atoms with E-state index in [9.17, 15) is 24.1 Å². The number of nitro groups is 1. The van der Waals surface area contributed by atoms with Gasteiger partial charge in [-0.1, -0.05) is 16.8 Å². The molecule has 0 aliphatic heterocycles. The number of halogens is 2. The molecule has 0 fully saturated rings. The maximum absolute atomic E-state index is 13.3. The van der Waals surface area contributed by atoms with E-state index in [2.05, 4.69) is 15.5 Å². The highest BCUT2D eigenvalue weighted by Crippen LogP contribution is 2.29. The fraction of sp³-hybridized carbons (Fsp3) is 0.130. The molecule has 35 heavy (non-hydrogen) atoms. The summed E-state index contributed by atoms with van der Waals surface area (Å²) in [6, 6.07) is 10.5. The van der Waals surface area contributed by atoms with Gasteiger partial charge in [0.15, 0.2) is 6.10 Å². The molecule has 0 radical (unpaired) electrons. The summed E-state index contributed by atoms with van der Waals surface area (Å²) in [5, 5.41) is 17.6. The number of esters is 1. The number of nitro benzene ring substituents is 1. The van der Waals surface area contributed by atoms with Gasteiger partial charge in [0.05, 0.1) is 38.0 Å². The number of aromatic nitrogens is 2. The fourth-order valence-electron chi connectivity index (χ4n) is 3.26. The van der Waals surface area contributed by atoms with Gasteiger partial charge in [-0.25, -0.2) is 14.2 Å². The van der Waals surface area contributed by atoms with E-state index in [1.807, 2.05) is 0 Å². The standard InChI is InChI=1S/C23H16ClFN4O6/c1-11-20-16(10-18(27-22(20)35-28-11)13-3-5-14(25)6-4-13)23(31)34-12(2)21(30)26-19-9-15(29(32)33)7-8-17(19)24/h3-10,12H,1-2H3,(H,26,30). The smallest absolute Gasteiger partial charge is 0.339 e. The number of aryl methyl sites for hydroxylation is 1. The topological polar surface area (TPSA) is 137 Å². The summed E-state index contributed by atoms with van der Waals surface area (Å²) in [5.74, 6) is -2.06. The number of hydrogen-bond acceptors (Lipinski definition) is 8. The first-order chi connectivity index (χ1) is 16.6. The summed E-state index contributed by atoms with van der Waals surface area (Å²) in [4.78, 5) is 40.4. The van der Waals surface area contributed by atoms with Gasteiger partial charge >= 0.3 is 5.97 Å². The number of anilines is 1. The number of pyridine rings is 1. The number of amides is 1. The molecular formula is C23H16ClFN4O6. The van der Waals surface area contributed by atoms with Crippen molar-refractivity contribution in [2.75, 3.05) is 5.32 Å². The van der Waals surface area contributed by atoms with E-state index >= 15 is 0 Å². The highest BCUT2D eigenvalue weighted by Gasteiger charge is 2.25. The summed E-state index contributed by atoms with van der Waals surface area (Å²) in [6.07, 6.45) is -1.30. The van der Waals surface area contributed by atoms with E-state index in [4.69, 9.17) is 20.9 Å². The summed E-state index contributed by atoms with van der Waals surface area (Å²) in [7, 11) is 0. The number of benzene rings is 2. The molecule has 1 atom stereocenters. The lowest BCUT2D eigenvalue weighted by Crippen LogP contribution is -2.30. The van der Waals surface area contributed by atoms with Crippen LogP contribution in [-0.2, 0) is 9.53 Å². The second kappa shape index (κ2) is 9.47. The lowest BCUT2D eigenvalue weighted by Gasteiger charge is -2.15. The number of nitrogens with one attached hydrogen (secondary N) is 1. The maximum atomic E-state index is 13.3. The van der Waals surface area contributed by atoms with Crippen molar-refractivity contribution in [2.45, 2.75) is 20.0 Å². The molecule has 1 N–H and O–H groups in total. The first kappa shape index (κ1) is 23.8. The van der Waals surface area contributed by atoms with E-state index in [1.54, 1.807) is 6.92 Å². The normalized spacial score (nSPS) is 11.8. The Morgan fingerprint density at radius 2 is 1.91 bits per heavy atom. The van der Waals surface area contributed by atoms with Crippen LogP contribution in [0, 0.1) is 22.9 Å². The van der Waals surface area contributed by atoms with Gasteiger partial charge in [0.1, 0.15) is 5.82 Å². The number of carbonyl (C=O) groups is 2. The van der Waals surface area contributed by atoms with Crippen molar-refractivity contribution in [1.29, 1.82) is 0 Å². The molecule has 0 aliphatic carbocycles.